The van der Waals surface area contributed by atoms with Crippen molar-refractivity contribution in [2.45, 2.75) is 5.78 Å². The highest BCUT2D eigenvalue weighted by Gasteiger charge is 2.47. The second-order valence-corrected chi connectivity index (χ2v) is 7.15. The molecule has 21 heavy (non-hydrogen) atoms. The van der Waals surface area contributed by atoms with E-state index in [2.05, 4.69) is 0 Å². The summed E-state index contributed by atoms with van der Waals surface area (Å²) in [4.78, 5) is 44.8. The predicted octanol–water partition coefficient (Wildman–Crippen LogP) is 2.22. The highest BCUT2D eigenvalue weighted by Crippen LogP contribution is 2.56. The second kappa shape index (κ2) is 4.89. The van der Waals surface area contributed by atoms with Crippen LogP contribution in [0, 0.1) is 0 Å². The van der Waals surface area contributed by atoms with Gasteiger partial charge in [-0.3, -0.25) is 19.1 Å². The van der Waals surface area contributed by atoms with Crippen molar-refractivity contribution >= 4 is 30.7 Å². The Balaban J connectivity index is 2.13. The van der Waals surface area contributed by atoms with E-state index in [-0.39, 0.29) is 16.0 Å². The normalized spacial score (nSPS) is 16.2. The van der Waals surface area contributed by atoms with Crippen LogP contribution in [0.1, 0.15) is 31.4 Å². The van der Waals surface area contributed by atoms with Gasteiger partial charge in [0.15, 0.2) is 5.78 Å². The molecular weight excluding hydrogens is 313 g/mol. The summed E-state index contributed by atoms with van der Waals surface area (Å²) in [6.45, 7) is 0. The van der Waals surface area contributed by atoms with E-state index >= 15 is 0 Å². The smallest absolute Gasteiger partial charge is 0.323 e. The van der Waals surface area contributed by atoms with Crippen LogP contribution in [0.3, 0.4) is 0 Å². The first-order valence-corrected chi connectivity index (χ1v) is 8.53. The van der Waals surface area contributed by atoms with Gasteiger partial charge in [0.25, 0.3) is 11.8 Å². The Bertz CT molecular complexity index is 732. The third-order valence-corrected chi connectivity index (χ3v) is 5.43. The van der Waals surface area contributed by atoms with Crippen molar-refractivity contribution in [2.24, 2.45) is 0 Å². The Hall–Kier alpha value is -1.79. The molecule has 2 heterocycles. The average Bonchev–Trinajstić information content (AvgIpc) is 3.02. The lowest BCUT2D eigenvalue weighted by molar-refractivity contribution is 0.0614. The van der Waals surface area contributed by atoms with Crippen LogP contribution in [0.2, 0.25) is 0 Å². The quantitative estimate of drug-likeness (QED) is 0.667. The van der Waals surface area contributed by atoms with Crippen molar-refractivity contribution in [3.8, 4) is 0 Å². The molecule has 0 spiro atoms. The molecule has 0 saturated heterocycles. The SMILES string of the molecule is O=C1c2ccccc2C(=O)N1[C@@H](c1cccs1)P(=O)(O)O. The third kappa shape index (κ3) is 2.24. The number of carbonyl (C=O) groups excluding carboxylic acids is 2. The summed E-state index contributed by atoms with van der Waals surface area (Å²) in [6, 6.07) is 9.26. The molecule has 0 saturated carbocycles. The first kappa shape index (κ1) is 14.2. The first-order chi connectivity index (χ1) is 9.91. The molecular formula is C13H10NO5PS. The lowest BCUT2D eigenvalue weighted by Crippen LogP contribution is -2.33. The van der Waals surface area contributed by atoms with Crippen LogP contribution in [-0.2, 0) is 4.57 Å². The third-order valence-electron chi connectivity index (χ3n) is 3.19. The molecule has 1 aromatic carbocycles. The molecule has 1 aliphatic rings. The fourth-order valence-corrected chi connectivity index (χ4v) is 4.53. The van der Waals surface area contributed by atoms with Crippen molar-refractivity contribution in [2.75, 3.05) is 0 Å². The van der Waals surface area contributed by atoms with Gasteiger partial charge in [0, 0.05) is 4.88 Å². The van der Waals surface area contributed by atoms with Crippen LogP contribution < -0.4 is 0 Å². The van der Waals surface area contributed by atoms with Gasteiger partial charge in [0.1, 0.15) is 0 Å². The molecule has 2 amide bonds. The maximum Gasteiger partial charge on any atom is 0.353 e. The van der Waals surface area contributed by atoms with E-state index < -0.39 is 25.2 Å². The summed E-state index contributed by atoms with van der Waals surface area (Å²) < 4.78 is 11.8. The minimum absolute atomic E-state index is 0.164. The van der Waals surface area contributed by atoms with E-state index in [1.807, 2.05) is 0 Å². The van der Waals surface area contributed by atoms with Crippen molar-refractivity contribution in [1.29, 1.82) is 0 Å². The number of nitrogens with zero attached hydrogens (tertiary/aromatic N) is 1. The Kier molecular flexibility index (Phi) is 3.30. The summed E-state index contributed by atoms with van der Waals surface area (Å²) in [5, 5.41) is 1.64. The first-order valence-electron chi connectivity index (χ1n) is 5.97. The van der Waals surface area contributed by atoms with Gasteiger partial charge in [-0.05, 0) is 23.6 Å². The number of hydrogen-bond donors (Lipinski definition) is 2. The predicted molar refractivity (Wildman–Crippen MR) is 76.0 cm³/mol. The largest absolute Gasteiger partial charge is 0.353 e. The molecule has 0 radical (unpaired) electrons. The van der Waals surface area contributed by atoms with Crippen molar-refractivity contribution in [3.05, 3.63) is 57.8 Å². The van der Waals surface area contributed by atoms with Crippen LogP contribution in [0.15, 0.2) is 41.8 Å². The van der Waals surface area contributed by atoms with Gasteiger partial charge < -0.3 is 9.79 Å². The highest BCUT2D eigenvalue weighted by atomic mass is 32.1. The Morgan fingerprint density at radius 3 is 2.00 bits per heavy atom. The zero-order valence-corrected chi connectivity index (χ0v) is 12.3. The molecule has 0 unspecified atom stereocenters. The molecule has 8 heteroatoms. The zero-order valence-electron chi connectivity index (χ0n) is 10.5. The van der Waals surface area contributed by atoms with E-state index in [9.17, 15) is 23.9 Å². The summed E-state index contributed by atoms with van der Waals surface area (Å²) in [5.74, 6) is -2.94. The van der Waals surface area contributed by atoms with Crippen LogP contribution in [0.5, 0.6) is 0 Å². The fraction of sp³-hybridized carbons (Fsp3) is 0.0769. The highest BCUT2D eigenvalue weighted by molar-refractivity contribution is 7.52. The van der Waals surface area contributed by atoms with Gasteiger partial charge in [-0.1, -0.05) is 18.2 Å². The molecule has 2 aromatic rings. The lowest BCUT2D eigenvalue weighted by atomic mass is 10.1. The maximum atomic E-state index is 12.4. The average molecular weight is 323 g/mol. The van der Waals surface area contributed by atoms with E-state index in [1.165, 1.54) is 18.2 Å². The lowest BCUT2D eigenvalue weighted by Gasteiger charge is -2.25. The van der Waals surface area contributed by atoms with Gasteiger partial charge in [0.2, 0.25) is 0 Å². The van der Waals surface area contributed by atoms with Crippen LogP contribution >= 0.6 is 18.9 Å². The van der Waals surface area contributed by atoms with Crippen LogP contribution in [-0.4, -0.2) is 26.5 Å². The summed E-state index contributed by atoms with van der Waals surface area (Å²) in [7, 11) is -4.72. The van der Waals surface area contributed by atoms with Gasteiger partial charge in [-0.25, -0.2) is 0 Å². The van der Waals surface area contributed by atoms with Crippen LogP contribution in [0.25, 0.3) is 0 Å². The van der Waals surface area contributed by atoms with Crippen molar-refractivity contribution in [3.63, 3.8) is 0 Å². The molecule has 0 bridgehead atoms. The molecule has 1 aromatic heterocycles. The maximum absolute atomic E-state index is 12.4. The summed E-state index contributed by atoms with van der Waals surface area (Å²) in [6.07, 6.45) is 0. The molecule has 0 fully saturated rings. The minimum Gasteiger partial charge on any atom is -0.323 e. The van der Waals surface area contributed by atoms with E-state index in [4.69, 9.17) is 0 Å². The van der Waals surface area contributed by atoms with Gasteiger partial charge >= 0.3 is 7.60 Å². The van der Waals surface area contributed by atoms with Crippen molar-refractivity contribution < 1.29 is 23.9 Å². The standard InChI is InChI=1S/C13H10NO5PS/c15-11-8-4-1-2-5-9(8)12(16)14(11)13(20(17,18)19)10-6-3-7-21-10/h1-7,13H,(H2,17,18,19)/t13-/m1/s1. The van der Waals surface area contributed by atoms with Crippen molar-refractivity contribution in [1.82, 2.24) is 4.90 Å². The zero-order chi connectivity index (χ0) is 15.2. The number of carbonyl (C=O) groups is 2. The number of thiophene rings is 1. The fourth-order valence-electron chi connectivity index (χ4n) is 2.31. The number of hydrogen-bond acceptors (Lipinski definition) is 4. The van der Waals surface area contributed by atoms with Crippen LogP contribution in [0.4, 0.5) is 0 Å². The van der Waals surface area contributed by atoms with Gasteiger partial charge in [-0.15, -0.1) is 11.3 Å². The molecule has 1 atom stereocenters. The van der Waals surface area contributed by atoms with E-state index in [1.54, 1.807) is 23.6 Å². The Morgan fingerprint density at radius 1 is 1.00 bits per heavy atom. The number of imide groups is 1. The monoisotopic (exact) mass is 323 g/mol. The number of rotatable bonds is 3. The minimum atomic E-state index is -4.72. The number of fused-ring (bicyclic) bond motifs is 1. The number of benzene rings is 1. The molecule has 0 aliphatic carbocycles. The van der Waals surface area contributed by atoms with Gasteiger partial charge in [0.05, 0.1) is 11.1 Å². The molecule has 1 aliphatic heterocycles. The second-order valence-electron chi connectivity index (χ2n) is 4.50. The molecule has 2 N–H and O–H groups in total. The Morgan fingerprint density at radius 2 is 1.57 bits per heavy atom. The topological polar surface area (TPSA) is 94.9 Å². The number of amides is 2. The molecule has 6 nitrogen and oxygen atoms in total. The Labute approximate surface area is 123 Å². The van der Waals surface area contributed by atoms with Gasteiger partial charge in [-0.2, -0.15) is 0 Å². The van der Waals surface area contributed by atoms with E-state index in [0.717, 1.165) is 11.3 Å². The molecule has 3 rings (SSSR count). The van der Waals surface area contributed by atoms with E-state index in [0.29, 0.717) is 4.90 Å². The molecule has 108 valence electrons. The summed E-state index contributed by atoms with van der Waals surface area (Å²) >= 11 is 1.09. The summed E-state index contributed by atoms with van der Waals surface area (Å²) in [5.41, 5.74) is 0.329.